The van der Waals surface area contributed by atoms with Crippen molar-refractivity contribution in [2.45, 2.75) is 18.7 Å². The maximum absolute atomic E-state index is 6.63. The largest absolute Gasteiger partial charge is 0.493 e. The van der Waals surface area contributed by atoms with Crippen molar-refractivity contribution in [3.05, 3.63) is 48.7 Å². The predicted octanol–water partition coefficient (Wildman–Crippen LogP) is 4.92. The van der Waals surface area contributed by atoms with Gasteiger partial charge in [-0.05, 0) is 59.3 Å². The molecule has 1 aromatic carbocycles. The summed E-state index contributed by atoms with van der Waals surface area (Å²) in [6.45, 7) is 2.88. The number of rotatable bonds is 2. The zero-order valence-electron chi connectivity index (χ0n) is 9.87. The SMILES string of the molecule is Cc1ccc(C(Cl)c2cc(I)cc3c2OCC3)s1. The number of hydrogen-bond acceptors (Lipinski definition) is 2. The highest BCUT2D eigenvalue weighted by molar-refractivity contribution is 14.1. The average molecular weight is 391 g/mol. The number of benzene rings is 1. The Kier molecular flexibility index (Phi) is 3.56. The number of halogens is 2. The van der Waals surface area contributed by atoms with Crippen LogP contribution in [0.15, 0.2) is 24.3 Å². The number of alkyl halides is 1. The smallest absolute Gasteiger partial charge is 0.127 e. The molecule has 2 aromatic rings. The molecule has 4 heteroatoms. The summed E-state index contributed by atoms with van der Waals surface area (Å²) >= 11 is 10.7. The van der Waals surface area contributed by atoms with Gasteiger partial charge in [-0.3, -0.25) is 0 Å². The van der Waals surface area contributed by atoms with Crippen molar-refractivity contribution in [1.29, 1.82) is 0 Å². The molecule has 0 aliphatic carbocycles. The van der Waals surface area contributed by atoms with Gasteiger partial charge in [-0.25, -0.2) is 0 Å². The van der Waals surface area contributed by atoms with Crippen LogP contribution >= 0.6 is 45.5 Å². The minimum Gasteiger partial charge on any atom is -0.493 e. The molecular formula is C14H12ClIOS. The molecule has 1 nitrogen and oxygen atoms in total. The van der Waals surface area contributed by atoms with E-state index in [1.807, 2.05) is 0 Å². The lowest BCUT2D eigenvalue weighted by molar-refractivity contribution is 0.353. The van der Waals surface area contributed by atoms with Crippen LogP contribution in [0, 0.1) is 10.5 Å². The lowest BCUT2D eigenvalue weighted by Gasteiger charge is -2.13. The van der Waals surface area contributed by atoms with Crippen LogP contribution in [0.25, 0.3) is 0 Å². The minimum absolute atomic E-state index is 0.106. The fourth-order valence-electron chi connectivity index (χ4n) is 2.23. The van der Waals surface area contributed by atoms with Gasteiger partial charge in [-0.1, -0.05) is 0 Å². The van der Waals surface area contributed by atoms with Gasteiger partial charge in [0.15, 0.2) is 0 Å². The zero-order chi connectivity index (χ0) is 12.7. The fourth-order valence-corrected chi connectivity index (χ4v) is 4.18. The number of hydrogen-bond donors (Lipinski definition) is 0. The van der Waals surface area contributed by atoms with Crippen molar-refractivity contribution in [2.24, 2.45) is 0 Å². The van der Waals surface area contributed by atoms with Crippen molar-refractivity contribution in [3.8, 4) is 5.75 Å². The standard InChI is InChI=1S/C14H12ClIOS/c1-8-2-3-12(18-8)13(15)11-7-10(16)6-9-4-5-17-14(9)11/h2-3,6-7,13H,4-5H2,1H3. The number of aryl methyl sites for hydroxylation is 1. The lowest BCUT2D eigenvalue weighted by Crippen LogP contribution is -1.96. The molecule has 1 aliphatic rings. The van der Waals surface area contributed by atoms with Crippen molar-refractivity contribution in [2.75, 3.05) is 6.61 Å². The minimum atomic E-state index is -0.106. The van der Waals surface area contributed by atoms with Gasteiger partial charge in [-0.2, -0.15) is 0 Å². The highest BCUT2D eigenvalue weighted by atomic mass is 127. The van der Waals surface area contributed by atoms with E-state index in [-0.39, 0.29) is 5.38 Å². The Morgan fingerprint density at radius 3 is 2.94 bits per heavy atom. The molecule has 0 bridgehead atoms. The molecule has 0 saturated carbocycles. The molecule has 3 rings (SSSR count). The van der Waals surface area contributed by atoms with E-state index in [0.29, 0.717) is 0 Å². The molecule has 1 aliphatic heterocycles. The van der Waals surface area contributed by atoms with Gasteiger partial charge in [0.2, 0.25) is 0 Å². The first-order valence-electron chi connectivity index (χ1n) is 5.80. The number of fused-ring (bicyclic) bond motifs is 1. The molecule has 1 atom stereocenters. The molecular weight excluding hydrogens is 379 g/mol. The Hall–Kier alpha value is -0.260. The van der Waals surface area contributed by atoms with Crippen LogP contribution in [0.5, 0.6) is 5.75 Å². The van der Waals surface area contributed by atoms with E-state index in [9.17, 15) is 0 Å². The van der Waals surface area contributed by atoms with E-state index >= 15 is 0 Å². The van der Waals surface area contributed by atoms with Crippen molar-refractivity contribution in [3.63, 3.8) is 0 Å². The molecule has 1 aromatic heterocycles. The molecule has 0 amide bonds. The van der Waals surface area contributed by atoms with E-state index in [4.69, 9.17) is 16.3 Å². The van der Waals surface area contributed by atoms with Gasteiger partial charge in [0, 0.05) is 25.3 Å². The Balaban J connectivity index is 2.06. The first-order chi connectivity index (χ1) is 8.65. The third-order valence-electron chi connectivity index (χ3n) is 3.06. The average Bonchev–Trinajstić information content (AvgIpc) is 2.95. The van der Waals surface area contributed by atoms with Crippen LogP contribution in [-0.2, 0) is 6.42 Å². The van der Waals surface area contributed by atoms with E-state index in [1.54, 1.807) is 11.3 Å². The van der Waals surface area contributed by atoms with Crippen LogP contribution in [0.4, 0.5) is 0 Å². The van der Waals surface area contributed by atoms with Crippen LogP contribution in [-0.4, -0.2) is 6.61 Å². The molecule has 0 radical (unpaired) electrons. The Bertz CT molecular complexity index is 593. The number of ether oxygens (including phenoxy) is 1. The lowest BCUT2D eigenvalue weighted by atomic mass is 10.0. The van der Waals surface area contributed by atoms with E-state index in [0.717, 1.165) is 24.3 Å². The second-order valence-electron chi connectivity index (χ2n) is 4.39. The molecule has 0 spiro atoms. The van der Waals surface area contributed by atoms with Gasteiger partial charge < -0.3 is 4.74 Å². The van der Waals surface area contributed by atoms with Gasteiger partial charge in [0.25, 0.3) is 0 Å². The van der Waals surface area contributed by atoms with E-state index in [2.05, 4.69) is 53.8 Å². The Morgan fingerprint density at radius 1 is 1.39 bits per heavy atom. The van der Waals surface area contributed by atoms with E-state index < -0.39 is 0 Å². The summed E-state index contributed by atoms with van der Waals surface area (Å²) in [5.74, 6) is 1.00. The van der Waals surface area contributed by atoms with Crippen molar-refractivity contribution >= 4 is 45.5 Å². The quantitative estimate of drug-likeness (QED) is 0.522. The van der Waals surface area contributed by atoms with Crippen LogP contribution < -0.4 is 4.74 Å². The van der Waals surface area contributed by atoms with Gasteiger partial charge in [-0.15, -0.1) is 22.9 Å². The highest BCUT2D eigenvalue weighted by Crippen LogP contribution is 2.42. The maximum Gasteiger partial charge on any atom is 0.127 e. The molecule has 94 valence electrons. The van der Waals surface area contributed by atoms with Gasteiger partial charge in [0.05, 0.1) is 12.0 Å². The monoisotopic (exact) mass is 390 g/mol. The summed E-state index contributed by atoms with van der Waals surface area (Å²) < 4.78 is 6.98. The zero-order valence-corrected chi connectivity index (χ0v) is 13.6. The molecule has 2 heterocycles. The Labute approximate surface area is 129 Å². The third kappa shape index (κ3) is 2.28. The second-order valence-corrected chi connectivity index (χ2v) is 7.39. The topological polar surface area (TPSA) is 9.23 Å². The maximum atomic E-state index is 6.63. The summed E-state index contributed by atoms with van der Waals surface area (Å²) in [4.78, 5) is 2.48. The van der Waals surface area contributed by atoms with Crippen molar-refractivity contribution in [1.82, 2.24) is 0 Å². The first-order valence-corrected chi connectivity index (χ1v) is 8.14. The van der Waals surface area contributed by atoms with Crippen LogP contribution in [0.3, 0.4) is 0 Å². The first kappa shape index (κ1) is 12.8. The summed E-state index contributed by atoms with van der Waals surface area (Å²) in [6, 6.07) is 8.55. The fraction of sp³-hybridized carbons (Fsp3) is 0.286. The second kappa shape index (κ2) is 5.02. The highest BCUT2D eigenvalue weighted by Gasteiger charge is 2.23. The summed E-state index contributed by atoms with van der Waals surface area (Å²) in [5.41, 5.74) is 2.40. The predicted molar refractivity (Wildman–Crippen MR) is 85.1 cm³/mol. The van der Waals surface area contributed by atoms with Crippen LogP contribution in [0.1, 0.15) is 26.3 Å². The molecule has 0 saturated heterocycles. The van der Waals surface area contributed by atoms with E-state index in [1.165, 1.54) is 18.9 Å². The normalized spacial score (nSPS) is 15.3. The molecule has 1 unspecified atom stereocenters. The summed E-state index contributed by atoms with van der Waals surface area (Å²) in [5, 5.41) is -0.106. The third-order valence-corrected chi connectivity index (χ3v) is 5.35. The molecule has 0 fully saturated rings. The number of thiophene rings is 1. The molecule has 0 N–H and O–H groups in total. The Morgan fingerprint density at radius 2 is 2.22 bits per heavy atom. The van der Waals surface area contributed by atoms with Crippen LogP contribution in [0.2, 0.25) is 0 Å². The van der Waals surface area contributed by atoms with Crippen molar-refractivity contribution < 1.29 is 4.74 Å². The molecule has 18 heavy (non-hydrogen) atoms. The van der Waals surface area contributed by atoms with Gasteiger partial charge >= 0.3 is 0 Å². The summed E-state index contributed by atoms with van der Waals surface area (Å²) in [7, 11) is 0. The van der Waals surface area contributed by atoms with Gasteiger partial charge in [0.1, 0.15) is 5.75 Å². The summed E-state index contributed by atoms with van der Waals surface area (Å²) in [6.07, 6.45) is 0.992.